The van der Waals surface area contributed by atoms with Gasteiger partial charge in [-0.3, -0.25) is 10.2 Å². The highest BCUT2D eigenvalue weighted by Crippen LogP contribution is 2.36. The summed E-state index contributed by atoms with van der Waals surface area (Å²) in [5, 5.41) is 1.61. The number of benzene rings is 2. The first-order chi connectivity index (χ1) is 16.1. The quantitative estimate of drug-likeness (QED) is 0.626. The second kappa shape index (κ2) is 9.18. The fraction of sp³-hybridized carbons (Fsp3) is 0.458. The Kier molecular flexibility index (Phi) is 6.11. The number of nitrogens with zero attached hydrogens (tertiary/aromatic N) is 3. The molecular formula is C24H32N6O3. The molecule has 3 heterocycles. The van der Waals surface area contributed by atoms with E-state index in [2.05, 4.69) is 57.4 Å². The van der Waals surface area contributed by atoms with Crippen molar-refractivity contribution in [3.05, 3.63) is 48.0 Å². The summed E-state index contributed by atoms with van der Waals surface area (Å²) in [6.07, 6.45) is 0.385. The van der Waals surface area contributed by atoms with Crippen LogP contribution in [0.25, 0.3) is 0 Å². The first-order valence-electron chi connectivity index (χ1n) is 11.4. The molecule has 0 aliphatic carbocycles. The number of methoxy groups -OCH3 is 2. The summed E-state index contributed by atoms with van der Waals surface area (Å²) in [4.78, 5) is 17.7. The fourth-order valence-corrected chi connectivity index (χ4v) is 4.87. The van der Waals surface area contributed by atoms with E-state index < -0.39 is 0 Å². The van der Waals surface area contributed by atoms with Crippen molar-refractivity contribution < 1.29 is 14.3 Å². The van der Waals surface area contributed by atoms with Crippen molar-refractivity contribution in [2.24, 2.45) is 0 Å². The van der Waals surface area contributed by atoms with Gasteiger partial charge in [-0.1, -0.05) is 12.1 Å². The standard InChI is InChI=1S/C24H32N6O3/c1-28-10-12-29(13-11-28)17-6-4-16(5-7-17)23-24-19(25-26-23)15-22(31)30(27-24)20-9-8-18(32-2)14-21(20)33-3/h4-9,14,19,23-27H,10-13,15H2,1-3H3. The Morgan fingerprint density at radius 3 is 2.39 bits per heavy atom. The number of piperazine rings is 1. The van der Waals surface area contributed by atoms with Gasteiger partial charge in [0.2, 0.25) is 5.91 Å². The van der Waals surface area contributed by atoms with Crippen molar-refractivity contribution in [1.29, 1.82) is 0 Å². The molecular weight excluding hydrogens is 420 g/mol. The van der Waals surface area contributed by atoms with Gasteiger partial charge in [0.1, 0.15) is 17.2 Å². The summed E-state index contributed by atoms with van der Waals surface area (Å²) in [6.45, 7) is 4.27. The van der Waals surface area contributed by atoms with Crippen LogP contribution in [0.5, 0.6) is 11.5 Å². The highest BCUT2D eigenvalue weighted by molar-refractivity contribution is 5.95. The Labute approximate surface area is 194 Å². The topological polar surface area (TPSA) is 81.3 Å². The van der Waals surface area contributed by atoms with Crippen LogP contribution >= 0.6 is 0 Å². The highest BCUT2D eigenvalue weighted by Gasteiger charge is 2.44. The third kappa shape index (κ3) is 4.24. The predicted octanol–water partition coefficient (Wildman–Crippen LogP) is 1.28. The van der Waals surface area contributed by atoms with Crippen LogP contribution in [0.15, 0.2) is 42.5 Å². The van der Waals surface area contributed by atoms with Gasteiger partial charge in [-0.25, -0.2) is 15.9 Å². The first-order valence-corrected chi connectivity index (χ1v) is 11.4. The second-order valence-corrected chi connectivity index (χ2v) is 8.88. The summed E-state index contributed by atoms with van der Waals surface area (Å²) >= 11 is 0. The monoisotopic (exact) mass is 452 g/mol. The van der Waals surface area contributed by atoms with Crippen molar-refractivity contribution in [2.45, 2.75) is 24.5 Å². The molecule has 0 bridgehead atoms. The zero-order valence-electron chi connectivity index (χ0n) is 19.4. The lowest BCUT2D eigenvalue weighted by atomic mass is 9.93. The third-order valence-corrected chi connectivity index (χ3v) is 6.89. The summed E-state index contributed by atoms with van der Waals surface area (Å²) in [5.74, 6) is 1.25. The molecule has 3 fully saturated rings. The number of carbonyl (C=O) groups is 1. The molecule has 9 heteroatoms. The molecule has 3 saturated heterocycles. The van der Waals surface area contributed by atoms with E-state index >= 15 is 0 Å². The van der Waals surface area contributed by atoms with Crippen LogP contribution in [0.3, 0.4) is 0 Å². The molecule has 3 unspecified atom stereocenters. The van der Waals surface area contributed by atoms with Crippen LogP contribution in [-0.4, -0.2) is 70.3 Å². The number of hydrogen-bond acceptors (Lipinski definition) is 8. The first kappa shape index (κ1) is 22.0. The SMILES string of the molecule is COc1ccc(N2NC3C(CC2=O)NNC3c2ccc(N3CCN(C)CC3)cc2)c(OC)c1. The lowest BCUT2D eigenvalue weighted by Crippen LogP contribution is -2.60. The molecule has 2 aromatic rings. The number of hydrogen-bond donors (Lipinski definition) is 3. The minimum atomic E-state index is -0.0138. The van der Waals surface area contributed by atoms with E-state index in [9.17, 15) is 4.79 Å². The Morgan fingerprint density at radius 1 is 0.939 bits per heavy atom. The fourth-order valence-electron chi connectivity index (χ4n) is 4.87. The van der Waals surface area contributed by atoms with Gasteiger partial charge in [-0.2, -0.15) is 0 Å². The van der Waals surface area contributed by atoms with Crippen LogP contribution in [0.1, 0.15) is 18.0 Å². The number of amides is 1. The molecule has 0 aromatic heterocycles. The van der Waals surface area contributed by atoms with Crippen LogP contribution < -0.4 is 35.7 Å². The zero-order valence-corrected chi connectivity index (χ0v) is 19.4. The Bertz CT molecular complexity index is 992. The maximum Gasteiger partial charge on any atom is 0.243 e. The molecule has 5 rings (SSSR count). The van der Waals surface area contributed by atoms with Crippen LogP contribution in [0.2, 0.25) is 0 Å². The number of nitrogens with one attached hydrogen (secondary N) is 3. The van der Waals surface area contributed by atoms with E-state index in [0.29, 0.717) is 23.6 Å². The molecule has 3 atom stereocenters. The Hall–Kier alpha value is -2.85. The molecule has 33 heavy (non-hydrogen) atoms. The third-order valence-electron chi connectivity index (χ3n) is 6.89. The molecule has 9 nitrogen and oxygen atoms in total. The van der Waals surface area contributed by atoms with Crippen LogP contribution in [0.4, 0.5) is 11.4 Å². The minimum absolute atomic E-state index is 0.000279. The average Bonchev–Trinajstić information content (AvgIpc) is 3.26. The number of rotatable bonds is 5. The van der Waals surface area contributed by atoms with Crippen molar-refractivity contribution in [2.75, 3.05) is 57.4 Å². The summed E-state index contributed by atoms with van der Waals surface area (Å²) in [7, 11) is 5.38. The van der Waals surface area contributed by atoms with Gasteiger partial charge in [0.05, 0.1) is 26.3 Å². The van der Waals surface area contributed by atoms with Gasteiger partial charge in [0.15, 0.2) is 0 Å². The lowest BCUT2D eigenvalue weighted by Gasteiger charge is -2.37. The van der Waals surface area contributed by atoms with Crippen molar-refractivity contribution >= 4 is 17.3 Å². The molecule has 3 N–H and O–H groups in total. The summed E-state index contributed by atoms with van der Waals surface area (Å²) < 4.78 is 10.8. The molecule has 0 radical (unpaired) electrons. The maximum atomic E-state index is 12.9. The highest BCUT2D eigenvalue weighted by atomic mass is 16.5. The van der Waals surface area contributed by atoms with Gasteiger partial charge < -0.3 is 19.3 Å². The van der Waals surface area contributed by atoms with E-state index in [1.807, 2.05) is 12.1 Å². The summed E-state index contributed by atoms with van der Waals surface area (Å²) in [6, 6.07) is 14.3. The van der Waals surface area contributed by atoms with Crippen molar-refractivity contribution in [1.82, 2.24) is 21.2 Å². The van der Waals surface area contributed by atoms with Gasteiger partial charge >= 0.3 is 0 Å². The van der Waals surface area contributed by atoms with Crippen LogP contribution in [-0.2, 0) is 4.79 Å². The molecule has 3 aliphatic rings. The smallest absolute Gasteiger partial charge is 0.243 e. The Morgan fingerprint density at radius 2 is 1.70 bits per heavy atom. The number of likely N-dealkylation sites (N-methyl/N-ethyl adjacent to an activating group) is 1. The number of ether oxygens (including phenoxy) is 2. The molecule has 1 amide bonds. The second-order valence-electron chi connectivity index (χ2n) is 8.88. The molecule has 2 aromatic carbocycles. The normalized spacial score (nSPS) is 25.8. The van der Waals surface area contributed by atoms with Gasteiger partial charge in [0, 0.05) is 50.4 Å². The van der Waals surface area contributed by atoms with Gasteiger partial charge in [0.25, 0.3) is 0 Å². The molecule has 176 valence electrons. The summed E-state index contributed by atoms with van der Waals surface area (Å²) in [5.41, 5.74) is 13.3. The number of anilines is 2. The van der Waals surface area contributed by atoms with Crippen LogP contribution in [0, 0.1) is 0 Å². The average molecular weight is 453 g/mol. The number of carbonyl (C=O) groups excluding carboxylic acids is 1. The number of fused-ring (bicyclic) bond motifs is 1. The van der Waals surface area contributed by atoms with E-state index in [1.54, 1.807) is 25.3 Å². The zero-order chi connectivity index (χ0) is 22.9. The largest absolute Gasteiger partial charge is 0.497 e. The van der Waals surface area contributed by atoms with E-state index in [1.165, 1.54) is 11.3 Å². The number of hydrazine groups is 2. The van der Waals surface area contributed by atoms with E-state index in [0.717, 1.165) is 26.2 Å². The van der Waals surface area contributed by atoms with Gasteiger partial charge in [-0.05, 0) is 36.9 Å². The van der Waals surface area contributed by atoms with E-state index in [-0.39, 0.29) is 24.0 Å². The molecule has 0 spiro atoms. The molecule has 0 saturated carbocycles. The lowest BCUT2D eigenvalue weighted by molar-refractivity contribution is -0.121. The van der Waals surface area contributed by atoms with Crippen molar-refractivity contribution in [3.63, 3.8) is 0 Å². The predicted molar refractivity (Wildman–Crippen MR) is 128 cm³/mol. The Balaban J connectivity index is 1.34. The maximum absolute atomic E-state index is 12.9. The van der Waals surface area contributed by atoms with Crippen molar-refractivity contribution in [3.8, 4) is 11.5 Å². The van der Waals surface area contributed by atoms with Gasteiger partial charge in [-0.15, -0.1) is 0 Å². The molecule has 3 aliphatic heterocycles. The minimum Gasteiger partial charge on any atom is -0.497 e. The van der Waals surface area contributed by atoms with E-state index in [4.69, 9.17) is 9.47 Å².